The van der Waals surface area contributed by atoms with Gasteiger partial charge in [0.1, 0.15) is 6.10 Å². The molecule has 1 heterocycles. The van der Waals surface area contributed by atoms with E-state index in [1.807, 2.05) is 6.92 Å². The molecule has 0 aromatic heterocycles. The molecule has 3 aliphatic rings. The van der Waals surface area contributed by atoms with Crippen molar-refractivity contribution in [3.8, 4) is 0 Å². The van der Waals surface area contributed by atoms with Gasteiger partial charge in [0.15, 0.2) is 0 Å². The number of nitrogens with one attached hydrogen (secondary N) is 2. The summed E-state index contributed by atoms with van der Waals surface area (Å²) in [6, 6.07) is 5.40. The number of carbonyl (C=O) groups is 2. The smallest absolute Gasteiger partial charge is 0.414 e. The van der Waals surface area contributed by atoms with Crippen LogP contribution in [0.3, 0.4) is 0 Å². The molecule has 4 rings (SSSR count). The Hall–Kier alpha value is -2.97. The first kappa shape index (κ1) is 21.3. The third-order valence-electron chi connectivity index (χ3n) is 5.83. The Morgan fingerprint density at radius 1 is 1.26 bits per heavy atom. The van der Waals surface area contributed by atoms with Crippen LogP contribution in [0.15, 0.2) is 24.4 Å². The molecule has 1 unspecified atom stereocenters. The number of allylic oxidation sites excluding steroid dienone is 1. The lowest BCUT2D eigenvalue weighted by Crippen LogP contribution is -2.53. The molecule has 7 nitrogen and oxygen atoms in total. The van der Waals surface area contributed by atoms with Gasteiger partial charge in [-0.1, -0.05) is 6.07 Å². The molecule has 9 heteroatoms. The zero-order valence-electron chi connectivity index (χ0n) is 17.5. The minimum Gasteiger partial charge on any atom is -0.445 e. The van der Waals surface area contributed by atoms with Gasteiger partial charge in [0, 0.05) is 50.3 Å². The van der Waals surface area contributed by atoms with Crippen molar-refractivity contribution >= 4 is 35.2 Å². The van der Waals surface area contributed by atoms with Crippen LogP contribution in [0.4, 0.5) is 25.0 Å². The minimum absolute atomic E-state index is 0.161. The molecule has 166 valence electrons. The first-order valence-corrected chi connectivity index (χ1v) is 10.5. The molecular formula is C22H26F2N4O3. The monoisotopic (exact) mass is 432 g/mol. The molecule has 1 aromatic carbocycles. The predicted octanol–water partition coefficient (Wildman–Crippen LogP) is 3.92. The van der Waals surface area contributed by atoms with E-state index in [1.54, 1.807) is 29.3 Å². The Kier molecular flexibility index (Phi) is 5.45. The van der Waals surface area contributed by atoms with Crippen molar-refractivity contribution in [2.75, 3.05) is 16.3 Å². The van der Waals surface area contributed by atoms with Crippen LogP contribution in [-0.4, -0.2) is 48.9 Å². The molecule has 0 spiro atoms. The summed E-state index contributed by atoms with van der Waals surface area (Å²) in [5.41, 5.74) is 2.34. The number of ether oxygens (including phenoxy) is 1. The summed E-state index contributed by atoms with van der Waals surface area (Å²) in [5, 5.41) is 11.0. The van der Waals surface area contributed by atoms with Crippen LogP contribution in [0.5, 0.6) is 0 Å². The second-order valence-corrected chi connectivity index (χ2v) is 8.51. The number of halogens is 2. The van der Waals surface area contributed by atoms with Crippen molar-refractivity contribution in [3.05, 3.63) is 30.0 Å². The average Bonchev–Trinajstić information content (AvgIpc) is 3.50. The third-order valence-corrected chi connectivity index (χ3v) is 5.83. The number of anilines is 2. The molecule has 2 fully saturated rings. The molecule has 1 aromatic rings. The Morgan fingerprint density at radius 2 is 1.97 bits per heavy atom. The van der Waals surface area contributed by atoms with Gasteiger partial charge < -0.3 is 20.4 Å². The van der Waals surface area contributed by atoms with Gasteiger partial charge in [-0.25, -0.2) is 13.6 Å². The number of alkyl halides is 2. The maximum atomic E-state index is 13.2. The number of carbonyl (C=O) groups excluding carboxylic acids is 2. The van der Waals surface area contributed by atoms with Crippen molar-refractivity contribution in [2.45, 2.75) is 63.6 Å². The molecule has 0 radical (unpaired) electrons. The van der Waals surface area contributed by atoms with E-state index < -0.39 is 31.0 Å². The molecule has 2 saturated carbocycles. The summed E-state index contributed by atoms with van der Waals surface area (Å²) in [6.45, 7) is 3.46. The highest BCUT2D eigenvalue weighted by molar-refractivity contribution is 6.10. The van der Waals surface area contributed by atoms with Gasteiger partial charge >= 0.3 is 6.09 Å². The van der Waals surface area contributed by atoms with Crippen LogP contribution in [-0.2, 0) is 9.53 Å². The minimum atomic E-state index is -2.78. The summed E-state index contributed by atoms with van der Waals surface area (Å²) in [7, 11) is 0. The van der Waals surface area contributed by atoms with Crippen LogP contribution in [0.25, 0.3) is 5.57 Å². The fourth-order valence-corrected chi connectivity index (χ4v) is 4.02. The number of nitrogens with zero attached hydrogens (tertiary/aromatic N) is 2. The lowest BCUT2D eigenvalue weighted by molar-refractivity contribution is -0.143. The SMILES string of the molecule is CC(=O)N1c2ccc(/C(C=N)=C/NC3CC3)cc2N(C(=O)OC2CC(F)(F)C2)CC1C. The van der Waals surface area contributed by atoms with E-state index >= 15 is 0 Å². The highest BCUT2D eigenvalue weighted by Gasteiger charge is 2.48. The molecule has 0 bridgehead atoms. The second-order valence-electron chi connectivity index (χ2n) is 8.51. The van der Waals surface area contributed by atoms with Crippen molar-refractivity contribution in [1.82, 2.24) is 5.32 Å². The summed E-state index contributed by atoms with van der Waals surface area (Å²) >= 11 is 0. The van der Waals surface area contributed by atoms with Crippen LogP contribution in [0, 0.1) is 5.41 Å². The Bertz CT molecular complexity index is 937. The number of hydrogen-bond donors (Lipinski definition) is 2. The maximum absolute atomic E-state index is 13.2. The first-order chi connectivity index (χ1) is 14.7. The Morgan fingerprint density at radius 3 is 2.55 bits per heavy atom. The van der Waals surface area contributed by atoms with Gasteiger partial charge in [0.25, 0.3) is 5.92 Å². The lowest BCUT2D eigenvalue weighted by atomic mass is 9.91. The van der Waals surface area contributed by atoms with Crippen LogP contribution in [0.2, 0.25) is 0 Å². The van der Waals surface area contributed by atoms with E-state index in [-0.39, 0.29) is 18.5 Å². The third kappa shape index (κ3) is 4.40. The number of rotatable bonds is 5. The topological polar surface area (TPSA) is 85.7 Å². The molecule has 2 N–H and O–H groups in total. The fraction of sp³-hybridized carbons (Fsp3) is 0.500. The zero-order valence-corrected chi connectivity index (χ0v) is 17.5. The lowest BCUT2D eigenvalue weighted by Gasteiger charge is -2.42. The van der Waals surface area contributed by atoms with Gasteiger partial charge in [-0.15, -0.1) is 0 Å². The van der Waals surface area contributed by atoms with Crippen molar-refractivity contribution in [2.24, 2.45) is 0 Å². The maximum Gasteiger partial charge on any atom is 0.414 e. The molecule has 31 heavy (non-hydrogen) atoms. The summed E-state index contributed by atoms with van der Waals surface area (Å²) < 4.78 is 31.6. The fourth-order valence-electron chi connectivity index (χ4n) is 4.02. The van der Waals surface area contributed by atoms with Gasteiger partial charge in [-0.05, 0) is 37.5 Å². The van der Waals surface area contributed by atoms with Crippen molar-refractivity contribution < 1.29 is 23.1 Å². The van der Waals surface area contributed by atoms with E-state index in [2.05, 4.69) is 5.32 Å². The summed E-state index contributed by atoms with van der Waals surface area (Å²) in [6.07, 6.45) is 2.74. The van der Waals surface area contributed by atoms with Gasteiger partial charge in [0.05, 0.1) is 17.4 Å². The Balaban J connectivity index is 1.65. The standard InChI is InChI=1S/C22H26F2N4O3/c1-13-12-27(21(30)31-18-8-22(23,24)9-18)20-7-15(3-6-19(20)28(13)14(2)29)16(10-25)11-26-17-4-5-17/h3,6-7,10-11,13,17-18,25-26H,4-5,8-9,12H2,1-2H3/b16-11+,25-10?. The number of amides is 2. The number of benzene rings is 1. The van der Waals surface area contributed by atoms with Gasteiger partial charge in [-0.3, -0.25) is 9.69 Å². The van der Waals surface area contributed by atoms with Crippen molar-refractivity contribution in [3.63, 3.8) is 0 Å². The quantitative estimate of drug-likeness (QED) is 0.691. The van der Waals surface area contributed by atoms with E-state index in [0.717, 1.165) is 12.8 Å². The largest absolute Gasteiger partial charge is 0.445 e. The summed E-state index contributed by atoms with van der Waals surface area (Å²) in [4.78, 5) is 28.1. The summed E-state index contributed by atoms with van der Waals surface area (Å²) in [5.74, 6) is -2.94. The zero-order chi connectivity index (χ0) is 22.3. The number of hydrogen-bond acceptors (Lipinski definition) is 5. The van der Waals surface area contributed by atoms with Crippen LogP contribution < -0.4 is 15.1 Å². The Labute approximate surface area is 179 Å². The first-order valence-electron chi connectivity index (χ1n) is 10.5. The number of fused-ring (bicyclic) bond motifs is 1. The van der Waals surface area contributed by atoms with Gasteiger partial charge in [-0.2, -0.15) is 0 Å². The van der Waals surface area contributed by atoms with E-state index in [0.29, 0.717) is 28.6 Å². The molecule has 1 aliphatic heterocycles. The van der Waals surface area contributed by atoms with Crippen LogP contribution in [0.1, 0.15) is 45.1 Å². The van der Waals surface area contributed by atoms with E-state index in [1.165, 1.54) is 18.0 Å². The van der Waals surface area contributed by atoms with Crippen LogP contribution >= 0.6 is 0 Å². The van der Waals surface area contributed by atoms with Crippen molar-refractivity contribution in [1.29, 1.82) is 5.41 Å². The highest BCUT2D eigenvalue weighted by atomic mass is 19.3. The average molecular weight is 432 g/mol. The van der Waals surface area contributed by atoms with Gasteiger partial charge in [0.2, 0.25) is 5.91 Å². The highest BCUT2D eigenvalue weighted by Crippen LogP contribution is 2.41. The molecule has 0 saturated heterocycles. The van der Waals surface area contributed by atoms with E-state index in [4.69, 9.17) is 10.1 Å². The normalized spacial score (nSPS) is 23.0. The molecule has 2 amide bonds. The molecule has 1 atom stereocenters. The molecule has 2 aliphatic carbocycles. The van der Waals surface area contributed by atoms with E-state index in [9.17, 15) is 18.4 Å². The second kappa shape index (κ2) is 7.94. The predicted molar refractivity (Wildman–Crippen MR) is 114 cm³/mol. The molecular weight excluding hydrogens is 406 g/mol.